The fourth-order valence-corrected chi connectivity index (χ4v) is 5.53. The summed E-state index contributed by atoms with van der Waals surface area (Å²) in [5.74, 6) is 0.981. The first-order valence-corrected chi connectivity index (χ1v) is 13.8. The van der Waals surface area contributed by atoms with E-state index in [1.54, 1.807) is 18.2 Å². The third-order valence-electron chi connectivity index (χ3n) is 6.57. The molecule has 0 bridgehead atoms. The molecule has 8 nitrogen and oxygen atoms in total. The highest BCUT2D eigenvalue weighted by atomic mass is 35.5. The Bertz CT molecular complexity index is 1710. The van der Waals surface area contributed by atoms with Crippen molar-refractivity contribution in [1.29, 1.82) is 5.41 Å². The van der Waals surface area contributed by atoms with Gasteiger partial charge in [0, 0.05) is 27.2 Å². The molecule has 0 fully saturated rings. The number of halogens is 1. The van der Waals surface area contributed by atoms with E-state index in [1.807, 2.05) is 73.7 Å². The second kappa shape index (κ2) is 11.0. The van der Waals surface area contributed by atoms with Gasteiger partial charge in [0.25, 0.3) is 5.91 Å². The highest BCUT2D eigenvalue weighted by Crippen LogP contribution is 2.32. The van der Waals surface area contributed by atoms with E-state index in [0.29, 0.717) is 28.4 Å². The number of amides is 1. The quantitative estimate of drug-likeness (QED) is 0.249. The van der Waals surface area contributed by atoms with Crippen LogP contribution in [0.5, 0.6) is 11.5 Å². The number of carbonyl (C=O) groups is 1. The standard InChI is InChI=1S/C30H24ClN5O3S/c1-19-24(23-9-5-6-10-26(23)35(19)15-16-38-22-13-11-20(31)12-14-22)17-25-28(32)36-30(33-29(25)37)40-27(34-36)18-39-21-7-3-2-4-8-21/h2-14,17,32H,15-16,18H2,1H3/b25-17-,32-28?. The minimum Gasteiger partial charge on any atom is -0.492 e. The highest BCUT2D eigenvalue weighted by Gasteiger charge is 2.36. The Morgan fingerprint density at radius 2 is 1.70 bits per heavy atom. The number of carbonyl (C=O) groups excluding carboxylic acids is 1. The Kier molecular flexibility index (Phi) is 7.15. The molecule has 1 amide bonds. The molecular formula is C30H24ClN5O3S. The van der Waals surface area contributed by atoms with E-state index in [4.69, 9.17) is 26.5 Å². The first-order chi connectivity index (χ1) is 19.5. The number of aliphatic imine (C=N–C) groups is 1. The molecule has 4 aromatic rings. The molecule has 0 saturated carbocycles. The fraction of sp³-hybridized carbons (Fsp3) is 0.133. The third kappa shape index (κ3) is 5.13. The van der Waals surface area contributed by atoms with Crippen molar-refractivity contribution in [2.24, 2.45) is 10.1 Å². The Balaban J connectivity index is 1.25. The zero-order valence-electron chi connectivity index (χ0n) is 21.5. The number of ether oxygens (including phenoxy) is 2. The minimum atomic E-state index is -0.466. The van der Waals surface area contributed by atoms with Gasteiger partial charge in [-0.2, -0.15) is 15.1 Å². The van der Waals surface area contributed by atoms with Crippen LogP contribution in [0, 0.1) is 12.3 Å². The first kappa shape index (κ1) is 25.9. The van der Waals surface area contributed by atoms with Gasteiger partial charge in [0.1, 0.15) is 29.8 Å². The van der Waals surface area contributed by atoms with Gasteiger partial charge in [-0.15, -0.1) is 0 Å². The zero-order chi connectivity index (χ0) is 27.6. The van der Waals surface area contributed by atoms with Gasteiger partial charge in [0.15, 0.2) is 5.84 Å². The number of hydrazone groups is 1. The van der Waals surface area contributed by atoms with Gasteiger partial charge in [-0.1, -0.05) is 48.0 Å². The summed E-state index contributed by atoms with van der Waals surface area (Å²) in [5.41, 5.74) is 3.01. The molecule has 0 aliphatic carbocycles. The largest absolute Gasteiger partial charge is 0.492 e. The Morgan fingerprint density at radius 1 is 0.975 bits per heavy atom. The zero-order valence-corrected chi connectivity index (χ0v) is 23.1. The topological polar surface area (TPSA) is 92.3 Å². The number of nitrogens with one attached hydrogen (secondary N) is 1. The van der Waals surface area contributed by atoms with Crippen molar-refractivity contribution in [2.45, 2.75) is 13.5 Å². The van der Waals surface area contributed by atoms with Gasteiger partial charge in [-0.05, 0) is 67.2 Å². The van der Waals surface area contributed by atoms with Gasteiger partial charge in [-0.25, -0.2) is 0 Å². The van der Waals surface area contributed by atoms with Crippen molar-refractivity contribution in [3.63, 3.8) is 0 Å². The fourth-order valence-electron chi connectivity index (χ4n) is 4.61. The van der Waals surface area contributed by atoms with Crippen molar-refractivity contribution >= 4 is 62.3 Å². The van der Waals surface area contributed by atoms with Gasteiger partial charge >= 0.3 is 0 Å². The van der Waals surface area contributed by atoms with Crippen molar-refractivity contribution in [3.8, 4) is 11.5 Å². The molecule has 2 aliphatic heterocycles. The average molecular weight is 570 g/mol. The molecule has 0 spiro atoms. The number of nitrogens with zero attached hydrogens (tertiary/aromatic N) is 4. The van der Waals surface area contributed by atoms with Crippen molar-refractivity contribution in [2.75, 3.05) is 13.2 Å². The first-order valence-electron chi connectivity index (χ1n) is 12.6. The summed E-state index contributed by atoms with van der Waals surface area (Å²) in [5, 5.41) is 17.3. The molecule has 1 N–H and O–H groups in total. The molecule has 6 rings (SSSR count). The monoisotopic (exact) mass is 569 g/mol. The number of aromatic nitrogens is 1. The van der Waals surface area contributed by atoms with E-state index in [2.05, 4.69) is 14.7 Å². The van der Waals surface area contributed by atoms with Crippen LogP contribution in [0.1, 0.15) is 11.3 Å². The third-order valence-corrected chi connectivity index (χ3v) is 7.70. The maximum Gasteiger partial charge on any atom is 0.283 e. The molecule has 0 saturated heterocycles. The Labute approximate surface area is 240 Å². The van der Waals surface area contributed by atoms with Crippen LogP contribution < -0.4 is 9.47 Å². The van der Waals surface area contributed by atoms with Gasteiger partial charge in [-0.3, -0.25) is 10.2 Å². The van der Waals surface area contributed by atoms with Crippen LogP contribution in [0.15, 0.2) is 94.5 Å². The number of amidine groups is 2. The maximum absolute atomic E-state index is 13.1. The molecule has 10 heteroatoms. The summed E-state index contributed by atoms with van der Waals surface area (Å²) in [6, 6.07) is 24.7. The Morgan fingerprint density at radius 3 is 2.50 bits per heavy atom. The van der Waals surface area contributed by atoms with E-state index >= 15 is 0 Å². The average Bonchev–Trinajstić information content (AvgIpc) is 3.50. The van der Waals surface area contributed by atoms with E-state index in [9.17, 15) is 4.79 Å². The van der Waals surface area contributed by atoms with E-state index < -0.39 is 5.91 Å². The highest BCUT2D eigenvalue weighted by molar-refractivity contribution is 8.27. The van der Waals surface area contributed by atoms with Crippen molar-refractivity contribution in [3.05, 3.63) is 101 Å². The van der Waals surface area contributed by atoms with E-state index in [-0.39, 0.29) is 18.0 Å². The number of rotatable bonds is 8. The summed E-state index contributed by atoms with van der Waals surface area (Å²) in [6.07, 6.45) is 1.75. The lowest BCUT2D eigenvalue weighted by molar-refractivity contribution is -0.114. The van der Waals surface area contributed by atoms with Crippen LogP contribution >= 0.6 is 23.4 Å². The second-order valence-electron chi connectivity index (χ2n) is 9.09. The lowest BCUT2D eigenvalue weighted by Gasteiger charge is -2.20. The smallest absolute Gasteiger partial charge is 0.283 e. The Hall–Kier alpha value is -4.34. The maximum atomic E-state index is 13.1. The normalized spacial score (nSPS) is 15.8. The van der Waals surface area contributed by atoms with Crippen molar-refractivity contribution in [1.82, 2.24) is 9.58 Å². The number of fused-ring (bicyclic) bond motifs is 2. The number of thioether (sulfide) groups is 1. The predicted molar refractivity (Wildman–Crippen MR) is 161 cm³/mol. The molecule has 1 aromatic heterocycles. The molecular weight excluding hydrogens is 546 g/mol. The van der Waals surface area contributed by atoms with Crippen molar-refractivity contribution < 1.29 is 14.3 Å². The molecule has 0 unspecified atom stereocenters. The molecule has 0 atom stereocenters. The van der Waals surface area contributed by atoms with E-state index in [1.165, 1.54) is 16.8 Å². The molecule has 200 valence electrons. The summed E-state index contributed by atoms with van der Waals surface area (Å²) in [7, 11) is 0. The number of hydrogen-bond donors (Lipinski definition) is 1. The van der Waals surface area contributed by atoms with Crippen LogP contribution in [-0.4, -0.2) is 44.7 Å². The van der Waals surface area contributed by atoms with Gasteiger partial charge < -0.3 is 14.0 Å². The lowest BCUT2D eigenvalue weighted by atomic mass is 10.1. The van der Waals surface area contributed by atoms with Crippen LogP contribution in [0.3, 0.4) is 0 Å². The SMILES string of the molecule is Cc1c(/C=C2/C(=N)N3N=C(COc4ccccc4)SC3=NC2=O)c2ccccc2n1CCOc1ccc(Cl)cc1. The lowest BCUT2D eigenvalue weighted by Crippen LogP contribution is -2.35. The molecule has 3 heterocycles. The van der Waals surface area contributed by atoms with Crippen LogP contribution in [0.2, 0.25) is 5.02 Å². The number of para-hydroxylation sites is 2. The molecule has 40 heavy (non-hydrogen) atoms. The van der Waals surface area contributed by atoms with Crippen LogP contribution in [0.25, 0.3) is 17.0 Å². The van der Waals surface area contributed by atoms with Crippen LogP contribution in [-0.2, 0) is 11.3 Å². The molecule has 3 aromatic carbocycles. The number of hydrogen-bond acceptors (Lipinski definition) is 6. The number of benzene rings is 3. The summed E-state index contributed by atoms with van der Waals surface area (Å²) >= 11 is 7.21. The molecule has 0 radical (unpaired) electrons. The second-order valence-corrected chi connectivity index (χ2v) is 10.6. The molecule has 2 aliphatic rings. The van der Waals surface area contributed by atoms with Gasteiger partial charge in [0.2, 0.25) is 5.17 Å². The van der Waals surface area contributed by atoms with Crippen LogP contribution in [0.4, 0.5) is 0 Å². The summed E-state index contributed by atoms with van der Waals surface area (Å²) in [4.78, 5) is 17.3. The predicted octanol–water partition coefficient (Wildman–Crippen LogP) is 6.38. The summed E-state index contributed by atoms with van der Waals surface area (Å²) < 4.78 is 13.9. The van der Waals surface area contributed by atoms with Gasteiger partial charge in [0.05, 0.1) is 12.1 Å². The van der Waals surface area contributed by atoms with E-state index in [0.717, 1.165) is 33.7 Å². The summed E-state index contributed by atoms with van der Waals surface area (Å²) in [6.45, 7) is 3.27. The minimum absolute atomic E-state index is 0.0143.